The van der Waals surface area contributed by atoms with Crippen molar-refractivity contribution >= 4 is 44.5 Å². The van der Waals surface area contributed by atoms with Crippen LogP contribution in [0.1, 0.15) is 16.9 Å². The van der Waals surface area contributed by atoms with Crippen LogP contribution in [0.15, 0.2) is 32.9 Å². The summed E-state index contributed by atoms with van der Waals surface area (Å²) in [6, 6.07) is 2.02. The van der Waals surface area contributed by atoms with Crippen molar-refractivity contribution < 1.29 is 4.79 Å². The second-order valence-corrected chi connectivity index (χ2v) is 7.35. The maximum Gasteiger partial charge on any atom is 0.271 e. The number of amides is 1. The second-order valence-electron chi connectivity index (χ2n) is 4.67. The Morgan fingerprint density at radius 3 is 3.05 bits per heavy atom. The van der Waals surface area contributed by atoms with E-state index < -0.39 is 0 Å². The summed E-state index contributed by atoms with van der Waals surface area (Å²) < 4.78 is 1.04. The van der Waals surface area contributed by atoms with E-state index in [9.17, 15) is 4.79 Å². The Hall–Kier alpha value is -1.02. The zero-order valence-electron chi connectivity index (χ0n) is 11.2. The number of thiophene rings is 1. The van der Waals surface area contributed by atoms with Gasteiger partial charge < -0.3 is 10.6 Å². The number of carbonyl (C=O) groups excluding carboxylic acids is 1. The number of nitrogens with one attached hydrogen (secondary N) is 2. The highest BCUT2D eigenvalue weighted by Gasteiger charge is 2.13. The van der Waals surface area contributed by atoms with Crippen LogP contribution >= 0.6 is 38.6 Å². The molecule has 0 aliphatic carbocycles. The molecule has 2 aromatic rings. The zero-order chi connectivity index (χ0) is 14.7. The topological polar surface area (TPSA) is 54.0 Å². The molecule has 7 heteroatoms. The predicted octanol–water partition coefficient (Wildman–Crippen LogP) is 3.28. The normalized spacial score (nSPS) is 14.8. The SMILES string of the molecule is O=C(NCC1=CCNCC1)c1csc(-c2cc(Br)cs2)n1. The van der Waals surface area contributed by atoms with Crippen molar-refractivity contribution in [1.29, 1.82) is 0 Å². The number of halogens is 1. The first-order valence-electron chi connectivity index (χ1n) is 6.59. The summed E-state index contributed by atoms with van der Waals surface area (Å²) in [6.45, 7) is 2.48. The minimum Gasteiger partial charge on any atom is -0.347 e. The molecule has 0 unspecified atom stereocenters. The lowest BCUT2D eigenvalue weighted by atomic mass is 10.1. The first-order valence-corrected chi connectivity index (χ1v) is 9.14. The van der Waals surface area contributed by atoms with Gasteiger partial charge in [0.2, 0.25) is 0 Å². The van der Waals surface area contributed by atoms with Gasteiger partial charge in [-0.1, -0.05) is 11.6 Å². The van der Waals surface area contributed by atoms with Crippen LogP contribution in [-0.2, 0) is 0 Å². The number of rotatable bonds is 4. The molecule has 1 aliphatic rings. The van der Waals surface area contributed by atoms with Crippen molar-refractivity contribution in [1.82, 2.24) is 15.6 Å². The number of carbonyl (C=O) groups is 1. The fourth-order valence-corrected chi connectivity index (χ4v) is 4.34. The monoisotopic (exact) mass is 383 g/mol. The van der Waals surface area contributed by atoms with E-state index >= 15 is 0 Å². The molecular formula is C14H14BrN3OS2. The molecule has 0 saturated carbocycles. The van der Waals surface area contributed by atoms with E-state index in [-0.39, 0.29) is 5.91 Å². The number of thiazole rings is 1. The van der Waals surface area contributed by atoms with E-state index in [2.05, 4.69) is 37.6 Å². The second kappa shape index (κ2) is 6.83. The molecule has 0 atom stereocenters. The number of aromatic nitrogens is 1. The number of hydrogen-bond donors (Lipinski definition) is 2. The van der Waals surface area contributed by atoms with E-state index in [4.69, 9.17) is 0 Å². The molecule has 3 heterocycles. The molecule has 0 aromatic carbocycles. The van der Waals surface area contributed by atoms with Crippen LogP contribution in [0, 0.1) is 0 Å². The molecule has 4 nitrogen and oxygen atoms in total. The van der Waals surface area contributed by atoms with Crippen molar-refractivity contribution in [3.63, 3.8) is 0 Å². The Balaban J connectivity index is 1.62. The third kappa shape index (κ3) is 3.79. The lowest BCUT2D eigenvalue weighted by Crippen LogP contribution is -2.29. The predicted molar refractivity (Wildman–Crippen MR) is 91.0 cm³/mol. The molecular weight excluding hydrogens is 370 g/mol. The van der Waals surface area contributed by atoms with Crippen molar-refractivity contribution in [3.8, 4) is 9.88 Å². The number of nitrogens with zero attached hydrogens (tertiary/aromatic N) is 1. The van der Waals surface area contributed by atoms with E-state index in [1.54, 1.807) is 11.3 Å². The summed E-state index contributed by atoms with van der Waals surface area (Å²) in [7, 11) is 0. The van der Waals surface area contributed by atoms with Gasteiger partial charge in [0.25, 0.3) is 5.91 Å². The Labute approximate surface area is 139 Å². The van der Waals surface area contributed by atoms with Crippen LogP contribution in [0.2, 0.25) is 0 Å². The largest absolute Gasteiger partial charge is 0.347 e. The summed E-state index contributed by atoms with van der Waals surface area (Å²) in [5.41, 5.74) is 1.77. The van der Waals surface area contributed by atoms with Gasteiger partial charge in [-0.05, 0) is 35.0 Å². The van der Waals surface area contributed by atoms with Crippen LogP contribution in [0.3, 0.4) is 0 Å². The molecule has 2 aromatic heterocycles. The molecule has 1 aliphatic heterocycles. The standard InChI is InChI=1S/C14H14BrN3OS2/c15-10-5-12(20-7-10)14-18-11(8-21-14)13(19)17-6-9-1-3-16-4-2-9/h1,5,7-8,16H,2-4,6H2,(H,17,19). The molecule has 110 valence electrons. The Morgan fingerprint density at radius 2 is 2.33 bits per heavy atom. The van der Waals surface area contributed by atoms with Gasteiger partial charge in [-0.3, -0.25) is 4.79 Å². The van der Waals surface area contributed by atoms with E-state index in [1.165, 1.54) is 16.9 Å². The van der Waals surface area contributed by atoms with Gasteiger partial charge >= 0.3 is 0 Å². The fraction of sp³-hybridized carbons (Fsp3) is 0.286. The Bertz CT molecular complexity index is 677. The molecule has 21 heavy (non-hydrogen) atoms. The maximum atomic E-state index is 12.1. The Kier molecular flexibility index (Phi) is 4.84. The summed E-state index contributed by atoms with van der Waals surface area (Å²) in [6.07, 6.45) is 3.13. The average Bonchev–Trinajstić information content (AvgIpc) is 3.14. The van der Waals surface area contributed by atoms with Gasteiger partial charge in [0, 0.05) is 28.3 Å². The third-order valence-electron chi connectivity index (χ3n) is 3.15. The Morgan fingerprint density at radius 1 is 1.43 bits per heavy atom. The third-order valence-corrected chi connectivity index (χ3v) is 5.85. The van der Waals surface area contributed by atoms with Crippen molar-refractivity contribution in [2.45, 2.75) is 6.42 Å². The minimum atomic E-state index is -0.104. The molecule has 0 saturated heterocycles. The summed E-state index contributed by atoms with van der Waals surface area (Å²) in [4.78, 5) is 17.6. The van der Waals surface area contributed by atoms with Crippen molar-refractivity contribution in [2.75, 3.05) is 19.6 Å². The van der Waals surface area contributed by atoms with Gasteiger partial charge in [-0.25, -0.2) is 4.98 Å². The average molecular weight is 384 g/mol. The quantitative estimate of drug-likeness (QED) is 0.796. The van der Waals surface area contributed by atoms with Gasteiger partial charge in [0.05, 0.1) is 4.88 Å². The summed E-state index contributed by atoms with van der Waals surface area (Å²) in [5, 5.41) is 10.9. The van der Waals surface area contributed by atoms with Crippen molar-refractivity contribution in [3.05, 3.63) is 38.6 Å². The van der Waals surface area contributed by atoms with E-state index in [1.807, 2.05) is 16.8 Å². The summed E-state index contributed by atoms with van der Waals surface area (Å²) >= 11 is 6.55. The smallest absolute Gasteiger partial charge is 0.271 e. The molecule has 0 bridgehead atoms. The summed E-state index contributed by atoms with van der Waals surface area (Å²) in [5.74, 6) is -0.104. The van der Waals surface area contributed by atoms with Gasteiger partial charge in [0.15, 0.2) is 0 Å². The first-order chi connectivity index (χ1) is 10.2. The van der Waals surface area contributed by atoms with Gasteiger partial charge in [0.1, 0.15) is 10.7 Å². The van der Waals surface area contributed by atoms with Crippen molar-refractivity contribution in [2.24, 2.45) is 0 Å². The van der Waals surface area contributed by atoms with Crippen LogP contribution in [-0.4, -0.2) is 30.5 Å². The maximum absolute atomic E-state index is 12.1. The van der Waals surface area contributed by atoms with Gasteiger partial charge in [-0.15, -0.1) is 22.7 Å². The lowest BCUT2D eigenvalue weighted by molar-refractivity contribution is 0.0952. The lowest BCUT2D eigenvalue weighted by Gasteiger charge is -2.14. The first kappa shape index (κ1) is 14.9. The van der Waals surface area contributed by atoms with Crippen LogP contribution in [0.4, 0.5) is 0 Å². The van der Waals surface area contributed by atoms with Crippen LogP contribution < -0.4 is 10.6 Å². The zero-order valence-corrected chi connectivity index (χ0v) is 14.4. The number of hydrogen-bond acceptors (Lipinski definition) is 5. The molecule has 0 fully saturated rings. The highest BCUT2D eigenvalue weighted by molar-refractivity contribution is 9.10. The van der Waals surface area contributed by atoms with Crippen LogP contribution in [0.25, 0.3) is 9.88 Å². The molecule has 3 rings (SSSR count). The molecule has 1 amide bonds. The van der Waals surface area contributed by atoms with Gasteiger partial charge in [-0.2, -0.15) is 0 Å². The molecule has 2 N–H and O–H groups in total. The molecule has 0 spiro atoms. The minimum absolute atomic E-state index is 0.104. The fourth-order valence-electron chi connectivity index (χ4n) is 2.03. The van der Waals surface area contributed by atoms with Crippen LogP contribution in [0.5, 0.6) is 0 Å². The molecule has 0 radical (unpaired) electrons. The highest BCUT2D eigenvalue weighted by Crippen LogP contribution is 2.31. The van der Waals surface area contributed by atoms with E-state index in [0.29, 0.717) is 12.2 Å². The van der Waals surface area contributed by atoms with E-state index in [0.717, 1.165) is 33.9 Å². The highest BCUT2D eigenvalue weighted by atomic mass is 79.9.